The third kappa shape index (κ3) is 6.62. The summed E-state index contributed by atoms with van der Waals surface area (Å²) in [5.41, 5.74) is 0.476. The lowest BCUT2D eigenvalue weighted by molar-refractivity contribution is -0.117. The summed E-state index contributed by atoms with van der Waals surface area (Å²) in [6, 6.07) is 3.89. The summed E-state index contributed by atoms with van der Waals surface area (Å²) in [5.74, 6) is -0.258. The normalized spacial score (nSPS) is 11.2. The van der Waals surface area contributed by atoms with Crippen LogP contribution in [0.3, 0.4) is 0 Å². The number of aromatic hydroxyl groups is 1. The van der Waals surface area contributed by atoms with Crippen molar-refractivity contribution in [1.29, 1.82) is 0 Å². The zero-order valence-corrected chi connectivity index (χ0v) is 14.7. The van der Waals surface area contributed by atoms with Crippen LogP contribution in [0.15, 0.2) is 35.2 Å². The number of halogens is 1. The Bertz CT molecular complexity index is 671. The summed E-state index contributed by atoms with van der Waals surface area (Å²) in [4.78, 5) is 11.4. The van der Waals surface area contributed by atoms with Crippen molar-refractivity contribution >= 4 is 27.3 Å². The average molecular weight is 360 g/mol. The van der Waals surface area contributed by atoms with E-state index in [-0.39, 0.29) is 27.3 Å². The molecular weight excluding hydrogens is 338 g/mol. The second-order valence-electron chi connectivity index (χ2n) is 5.38. The maximum absolute atomic E-state index is 12.1. The minimum absolute atomic E-state index is 0.0272. The minimum atomic E-state index is -3.39. The number of hydrogen-bond donors (Lipinski definition) is 2. The van der Waals surface area contributed by atoms with Gasteiger partial charge >= 0.3 is 0 Å². The number of carbonyl (C=O) groups excluding carboxylic acids is 1. The molecule has 0 spiro atoms. The van der Waals surface area contributed by atoms with E-state index in [4.69, 9.17) is 11.6 Å². The highest BCUT2D eigenvalue weighted by Crippen LogP contribution is 2.26. The molecule has 1 aromatic carbocycles. The van der Waals surface area contributed by atoms with Crippen LogP contribution >= 0.6 is 11.6 Å². The van der Waals surface area contributed by atoms with Gasteiger partial charge in [-0.2, -0.15) is 0 Å². The first kappa shape index (κ1) is 19.5. The van der Waals surface area contributed by atoms with Crippen LogP contribution in [0.5, 0.6) is 5.75 Å². The van der Waals surface area contributed by atoms with E-state index in [9.17, 15) is 18.3 Å². The Morgan fingerprint density at radius 3 is 2.52 bits per heavy atom. The van der Waals surface area contributed by atoms with Gasteiger partial charge in [-0.15, -0.1) is 0 Å². The number of carbonyl (C=O) groups is 1. The predicted molar refractivity (Wildman–Crippen MR) is 91.5 cm³/mol. The standard InChI is InChI=1S/C16H22ClNO4S/c1-12(2)16(20)18-9-5-3-4-6-10-23(21,22)13-7-8-15(19)14(17)11-13/h7-8,11,19H,1,3-6,9-10H2,2H3,(H,18,20). The number of nitrogens with one attached hydrogen (secondary N) is 1. The molecule has 0 fully saturated rings. The molecule has 0 heterocycles. The van der Waals surface area contributed by atoms with Gasteiger partial charge in [0.2, 0.25) is 5.91 Å². The fraction of sp³-hybridized carbons (Fsp3) is 0.438. The van der Waals surface area contributed by atoms with Crippen LogP contribution in [0, 0.1) is 0 Å². The maximum Gasteiger partial charge on any atom is 0.246 e. The van der Waals surface area contributed by atoms with Crippen molar-refractivity contribution in [3.63, 3.8) is 0 Å². The zero-order valence-electron chi connectivity index (χ0n) is 13.1. The van der Waals surface area contributed by atoms with E-state index < -0.39 is 9.84 Å². The summed E-state index contributed by atoms with van der Waals surface area (Å²) in [5, 5.41) is 12.1. The van der Waals surface area contributed by atoms with Gasteiger partial charge in [0, 0.05) is 12.1 Å². The van der Waals surface area contributed by atoms with Crippen molar-refractivity contribution in [2.75, 3.05) is 12.3 Å². The number of hydrogen-bond acceptors (Lipinski definition) is 4. The van der Waals surface area contributed by atoms with Crippen LogP contribution in [0.25, 0.3) is 0 Å². The molecule has 0 aliphatic heterocycles. The SMILES string of the molecule is C=C(C)C(=O)NCCCCCCS(=O)(=O)c1ccc(O)c(Cl)c1. The van der Waals surface area contributed by atoms with Crippen molar-refractivity contribution in [1.82, 2.24) is 5.32 Å². The number of sulfone groups is 1. The highest BCUT2D eigenvalue weighted by atomic mass is 35.5. The Balaban J connectivity index is 2.30. The van der Waals surface area contributed by atoms with Crippen molar-refractivity contribution in [3.05, 3.63) is 35.4 Å². The van der Waals surface area contributed by atoms with Gasteiger partial charge in [-0.25, -0.2) is 8.42 Å². The van der Waals surface area contributed by atoms with E-state index in [1.54, 1.807) is 6.92 Å². The van der Waals surface area contributed by atoms with Gasteiger partial charge in [0.05, 0.1) is 15.7 Å². The van der Waals surface area contributed by atoms with Crippen molar-refractivity contribution in [2.45, 2.75) is 37.5 Å². The van der Waals surface area contributed by atoms with E-state index in [1.807, 2.05) is 0 Å². The Labute approximate surface area is 142 Å². The van der Waals surface area contributed by atoms with Crippen LogP contribution in [-0.4, -0.2) is 31.7 Å². The van der Waals surface area contributed by atoms with E-state index in [0.29, 0.717) is 18.5 Å². The smallest absolute Gasteiger partial charge is 0.246 e. The molecule has 7 heteroatoms. The summed E-state index contributed by atoms with van der Waals surface area (Å²) >= 11 is 5.73. The Morgan fingerprint density at radius 2 is 1.91 bits per heavy atom. The second kappa shape index (κ2) is 8.93. The number of unbranched alkanes of at least 4 members (excludes halogenated alkanes) is 3. The molecule has 0 atom stereocenters. The lowest BCUT2D eigenvalue weighted by Gasteiger charge is -2.07. The number of rotatable bonds is 9. The highest BCUT2D eigenvalue weighted by molar-refractivity contribution is 7.91. The third-order valence-electron chi connectivity index (χ3n) is 3.29. The Hall–Kier alpha value is -1.53. The monoisotopic (exact) mass is 359 g/mol. The summed E-state index contributed by atoms with van der Waals surface area (Å²) in [6.07, 6.45) is 2.93. The fourth-order valence-corrected chi connectivity index (χ4v) is 3.56. The van der Waals surface area contributed by atoms with Gasteiger partial charge in [-0.1, -0.05) is 31.0 Å². The van der Waals surface area contributed by atoms with Gasteiger partial charge in [0.15, 0.2) is 9.84 Å². The first-order valence-corrected chi connectivity index (χ1v) is 9.42. The van der Waals surface area contributed by atoms with Gasteiger partial charge in [-0.3, -0.25) is 4.79 Å². The molecule has 23 heavy (non-hydrogen) atoms. The molecule has 0 aromatic heterocycles. The summed E-state index contributed by atoms with van der Waals surface area (Å²) in [7, 11) is -3.39. The predicted octanol–water partition coefficient (Wildman–Crippen LogP) is 3.07. The van der Waals surface area contributed by atoms with E-state index >= 15 is 0 Å². The molecular formula is C16H22ClNO4S. The molecule has 1 amide bonds. The lowest BCUT2D eigenvalue weighted by atomic mass is 10.2. The lowest BCUT2D eigenvalue weighted by Crippen LogP contribution is -2.24. The molecule has 5 nitrogen and oxygen atoms in total. The van der Waals surface area contributed by atoms with Crippen LogP contribution in [-0.2, 0) is 14.6 Å². The Kier molecular flexibility index (Phi) is 7.58. The van der Waals surface area contributed by atoms with Crippen LogP contribution in [0.1, 0.15) is 32.6 Å². The zero-order chi connectivity index (χ0) is 17.5. The second-order valence-corrected chi connectivity index (χ2v) is 7.90. The van der Waals surface area contributed by atoms with Crippen molar-refractivity contribution < 1.29 is 18.3 Å². The van der Waals surface area contributed by atoms with E-state index in [1.165, 1.54) is 18.2 Å². The first-order chi connectivity index (χ1) is 10.7. The van der Waals surface area contributed by atoms with Crippen LogP contribution < -0.4 is 5.32 Å². The topological polar surface area (TPSA) is 83.5 Å². The van der Waals surface area contributed by atoms with Crippen molar-refractivity contribution in [2.24, 2.45) is 0 Å². The molecule has 0 saturated carbocycles. The van der Waals surface area contributed by atoms with Gasteiger partial charge in [-0.05, 0) is 38.0 Å². The third-order valence-corrected chi connectivity index (χ3v) is 5.39. The molecule has 0 saturated heterocycles. The van der Waals surface area contributed by atoms with Crippen LogP contribution in [0.2, 0.25) is 5.02 Å². The molecule has 1 rings (SSSR count). The van der Waals surface area contributed by atoms with Crippen molar-refractivity contribution in [3.8, 4) is 5.75 Å². The molecule has 128 valence electrons. The first-order valence-electron chi connectivity index (χ1n) is 7.39. The summed E-state index contributed by atoms with van der Waals surface area (Å²) in [6.45, 7) is 5.76. The number of amides is 1. The number of benzene rings is 1. The quantitative estimate of drug-likeness (QED) is 0.524. The molecule has 1 aromatic rings. The maximum atomic E-state index is 12.1. The van der Waals surface area contributed by atoms with Gasteiger partial charge in [0.1, 0.15) is 5.75 Å². The van der Waals surface area contributed by atoms with E-state index in [0.717, 1.165) is 19.3 Å². The Morgan fingerprint density at radius 1 is 1.26 bits per heavy atom. The average Bonchev–Trinajstić information content (AvgIpc) is 2.48. The number of phenols is 1. The molecule has 0 aliphatic carbocycles. The minimum Gasteiger partial charge on any atom is -0.506 e. The summed E-state index contributed by atoms with van der Waals surface area (Å²) < 4.78 is 24.3. The van der Waals surface area contributed by atoms with Crippen LogP contribution in [0.4, 0.5) is 0 Å². The van der Waals surface area contributed by atoms with E-state index in [2.05, 4.69) is 11.9 Å². The molecule has 0 aliphatic rings. The van der Waals surface area contributed by atoms with Gasteiger partial charge in [0.25, 0.3) is 0 Å². The number of phenolic OH excluding ortho intramolecular Hbond substituents is 1. The molecule has 0 bridgehead atoms. The highest BCUT2D eigenvalue weighted by Gasteiger charge is 2.15. The molecule has 2 N–H and O–H groups in total. The molecule has 0 radical (unpaired) electrons. The largest absolute Gasteiger partial charge is 0.506 e. The fourth-order valence-electron chi connectivity index (χ4n) is 1.92. The van der Waals surface area contributed by atoms with Gasteiger partial charge < -0.3 is 10.4 Å². The molecule has 0 unspecified atom stereocenters.